The number of fused-ring (bicyclic) bond motifs is 1. The van der Waals surface area contributed by atoms with Crippen LogP contribution in [0.25, 0.3) is 10.9 Å². The first-order chi connectivity index (χ1) is 8.76. The van der Waals surface area contributed by atoms with E-state index >= 15 is 0 Å². The molecule has 1 aromatic carbocycles. The van der Waals surface area contributed by atoms with Gasteiger partial charge in [0.15, 0.2) is 0 Å². The fourth-order valence-electron chi connectivity index (χ4n) is 2.05. The monoisotopic (exact) mass is 274 g/mol. The van der Waals surface area contributed by atoms with E-state index in [9.17, 15) is 0 Å². The minimum atomic E-state index is 0.826. The first kappa shape index (κ1) is 11.5. The summed E-state index contributed by atoms with van der Waals surface area (Å²) < 4.78 is 3.03. The minimum absolute atomic E-state index is 0.826. The predicted octanol–water partition coefficient (Wildman–Crippen LogP) is 4.40. The van der Waals surface area contributed by atoms with Crippen LogP contribution in [0.15, 0.2) is 42.6 Å². The van der Waals surface area contributed by atoms with Crippen LogP contribution in [0.1, 0.15) is 10.4 Å². The van der Waals surface area contributed by atoms with Gasteiger partial charge in [-0.3, -0.25) is 0 Å². The molecule has 0 saturated carbocycles. The summed E-state index contributed by atoms with van der Waals surface area (Å²) in [5, 5.41) is 8.43. The summed E-state index contributed by atoms with van der Waals surface area (Å²) >= 11 is 7.55. The fourth-order valence-corrected chi connectivity index (χ4v) is 3.14. The van der Waals surface area contributed by atoms with Crippen molar-refractivity contribution in [2.75, 3.05) is 0 Å². The number of benzene rings is 1. The van der Waals surface area contributed by atoms with Gasteiger partial charge in [-0.05, 0) is 35.9 Å². The summed E-state index contributed by atoms with van der Waals surface area (Å²) in [6, 6.07) is 12.1. The number of hydrogen-bond donors (Lipinski definition) is 1. The topological polar surface area (TPSA) is 28.8 Å². The average Bonchev–Trinajstić information content (AvgIpc) is 2.96. The van der Waals surface area contributed by atoms with Crippen molar-refractivity contribution in [3.8, 4) is 0 Å². The zero-order valence-corrected chi connectivity index (χ0v) is 11.1. The van der Waals surface area contributed by atoms with E-state index in [2.05, 4.69) is 29.0 Å². The maximum Gasteiger partial charge on any atom is 0.0931 e. The Hall–Kier alpha value is -1.58. The van der Waals surface area contributed by atoms with Crippen LogP contribution in [0.3, 0.4) is 0 Å². The Balaban J connectivity index is 2.00. The Morgan fingerprint density at radius 1 is 1.22 bits per heavy atom. The molecule has 0 aliphatic heterocycles. The lowest BCUT2D eigenvalue weighted by Gasteiger charge is -2.03. The summed E-state index contributed by atoms with van der Waals surface area (Å²) in [5.41, 5.74) is 2.12. The first-order valence-corrected chi connectivity index (χ1v) is 6.79. The van der Waals surface area contributed by atoms with Gasteiger partial charge in [0.1, 0.15) is 0 Å². The summed E-state index contributed by atoms with van der Waals surface area (Å²) in [5.74, 6) is 0. The van der Waals surface area contributed by atoms with Gasteiger partial charge in [0.25, 0.3) is 0 Å². The molecule has 90 valence electrons. The molecule has 0 spiro atoms. The molecule has 4 heteroatoms. The predicted molar refractivity (Wildman–Crippen MR) is 78.3 cm³/mol. The molecule has 18 heavy (non-hydrogen) atoms. The van der Waals surface area contributed by atoms with Gasteiger partial charge in [-0.2, -0.15) is 0 Å². The van der Waals surface area contributed by atoms with E-state index in [0.717, 1.165) is 16.4 Å². The van der Waals surface area contributed by atoms with Crippen molar-refractivity contribution in [2.24, 2.45) is 0 Å². The molecule has 0 aliphatic carbocycles. The fraction of sp³-hybridized carbons (Fsp3) is 0.0714. The third-order valence-corrected chi connectivity index (χ3v) is 4.13. The van der Waals surface area contributed by atoms with Crippen LogP contribution in [0, 0.1) is 5.41 Å². The molecule has 0 radical (unpaired) electrons. The molecule has 0 aliphatic rings. The van der Waals surface area contributed by atoms with E-state index in [-0.39, 0.29) is 0 Å². The van der Waals surface area contributed by atoms with E-state index in [1.54, 1.807) is 11.3 Å². The molecule has 0 amide bonds. The highest BCUT2D eigenvalue weighted by Gasteiger charge is 2.04. The molecular formula is C14H11ClN2S. The van der Waals surface area contributed by atoms with Gasteiger partial charge in [0, 0.05) is 28.2 Å². The van der Waals surface area contributed by atoms with Crippen LogP contribution in [0.5, 0.6) is 0 Å². The maximum absolute atomic E-state index is 7.26. The Kier molecular flexibility index (Phi) is 2.94. The third-order valence-electron chi connectivity index (χ3n) is 2.92. The van der Waals surface area contributed by atoms with Gasteiger partial charge >= 0.3 is 0 Å². The molecule has 0 fully saturated rings. The highest BCUT2D eigenvalue weighted by Crippen LogP contribution is 2.24. The number of aromatic nitrogens is 1. The lowest BCUT2D eigenvalue weighted by atomic mass is 10.2. The molecule has 2 aromatic heterocycles. The van der Waals surface area contributed by atoms with Crippen molar-refractivity contribution < 1.29 is 0 Å². The standard InChI is InChI=1S/C14H11ClN2S/c15-14-4-2-12(18-14)9-17-6-5-11-7-10(8-16)1-3-13(11)17/h1-8,16H,9H2. The van der Waals surface area contributed by atoms with Crippen LogP contribution in [0.4, 0.5) is 0 Å². The Morgan fingerprint density at radius 2 is 2.11 bits per heavy atom. The summed E-state index contributed by atoms with van der Waals surface area (Å²) in [7, 11) is 0. The summed E-state index contributed by atoms with van der Waals surface area (Å²) in [6.45, 7) is 0.838. The number of rotatable bonds is 3. The number of halogens is 1. The van der Waals surface area contributed by atoms with E-state index < -0.39 is 0 Å². The first-order valence-electron chi connectivity index (χ1n) is 5.60. The zero-order chi connectivity index (χ0) is 12.5. The second kappa shape index (κ2) is 4.59. The molecule has 2 heterocycles. The van der Waals surface area contributed by atoms with E-state index in [4.69, 9.17) is 17.0 Å². The van der Waals surface area contributed by atoms with Crippen LogP contribution < -0.4 is 0 Å². The molecule has 3 aromatic rings. The van der Waals surface area contributed by atoms with E-state index in [1.807, 2.05) is 18.2 Å². The van der Waals surface area contributed by atoms with Crippen LogP contribution >= 0.6 is 22.9 Å². The van der Waals surface area contributed by atoms with Crippen LogP contribution in [-0.4, -0.2) is 10.8 Å². The maximum atomic E-state index is 7.26. The van der Waals surface area contributed by atoms with Crippen molar-refractivity contribution in [2.45, 2.75) is 6.54 Å². The van der Waals surface area contributed by atoms with Crippen molar-refractivity contribution in [3.05, 3.63) is 57.4 Å². The summed E-state index contributed by atoms with van der Waals surface area (Å²) in [4.78, 5) is 1.24. The highest BCUT2D eigenvalue weighted by atomic mass is 35.5. The van der Waals surface area contributed by atoms with Crippen molar-refractivity contribution >= 4 is 40.1 Å². The molecule has 3 rings (SSSR count). The van der Waals surface area contributed by atoms with Gasteiger partial charge < -0.3 is 9.98 Å². The Morgan fingerprint density at radius 3 is 2.83 bits per heavy atom. The zero-order valence-electron chi connectivity index (χ0n) is 9.56. The highest BCUT2D eigenvalue weighted by molar-refractivity contribution is 7.16. The van der Waals surface area contributed by atoms with Crippen molar-refractivity contribution in [1.82, 2.24) is 4.57 Å². The van der Waals surface area contributed by atoms with E-state index in [1.165, 1.54) is 22.0 Å². The van der Waals surface area contributed by atoms with Gasteiger partial charge in [0.05, 0.1) is 10.9 Å². The van der Waals surface area contributed by atoms with Crippen LogP contribution in [0.2, 0.25) is 4.34 Å². The molecule has 2 nitrogen and oxygen atoms in total. The van der Waals surface area contributed by atoms with Crippen molar-refractivity contribution in [3.63, 3.8) is 0 Å². The van der Waals surface area contributed by atoms with Gasteiger partial charge in [-0.15, -0.1) is 11.3 Å². The van der Waals surface area contributed by atoms with Gasteiger partial charge in [-0.1, -0.05) is 17.7 Å². The van der Waals surface area contributed by atoms with Gasteiger partial charge in [0.2, 0.25) is 0 Å². The molecular weight excluding hydrogens is 264 g/mol. The Bertz CT molecular complexity index is 711. The van der Waals surface area contributed by atoms with Crippen LogP contribution in [-0.2, 0) is 6.54 Å². The van der Waals surface area contributed by atoms with Gasteiger partial charge in [-0.25, -0.2) is 0 Å². The SMILES string of the molecule is N=Cc1ccc2c(ccn2Cc2ccc(Cl)s2)c1. The molecule has 1 N–H and O–H groups in total. The lowest BCUT2D eigenvalue weighted by molar-refractivity contribution is 0.851. The summed E-state index contributed by atoms with van der Waals surface area (Å²) in [6.07, 6.45) is 3.45. The number of thiophene rings is 1. The molecule has 0 saturated heterocycles. The number of hydrogen-bond acceptors (Lipinski definition) is 2. The number of nitrogens with zero attached hydrogens (tertiary/aromatic N) is 1. The number of nitrogens with one attached hydrogen (secondary N) is 1. The molecule has 0 atom stereocenters. The average molecular weight is 275 g/mol. The second-order valence-electron chi connectivity index (χ2n) is 4.11. The smallest absolute Gasteiger partial charge is 0.0931 e. The Labute approximate surface area is 114 Å². The van der Waals surface area contributed by atoms with Crippen molar-refractivity contribution in [1.29, 1.82) is 5.41 Å². The normalized spacial score (nSPS) is 10.9. The molecule has 0 unspecified atom stereocenters. The second-order valence-corrected chi connectivity index (χ2v) is 5.91. The molecule has 0 bridgehead atoms. The third kappa shape index (κ3) is 2.07. The lowest BCUT2D eigenvalue weighted by Crippen LogP contribution is -1.95. The quantitative estimate of drug-likeness (QED) is 0.686. The largest absolute Gasteiger partial charge is 0.342 e. The van der Waals surface area contributed by atoms with E-state index in [0.29, 0.717) is 0 Å². The minimum Gasteiger partial charge on any atom is -0.342 e.